The number of phenols is 1. The molecule has 1 aromatic rings. The molecule has 2 amide bonds. The van der Waals surface area contributed by atoms with Crippen molar-refractivity contribution in [1.82, 2.24) is 10.7 Å². The first-order valence-corrected chi connectivity index (χ1v) is 7.17. The first-order valence-electron chi connectivity index (χ1n) is 7.17. The fourth-order valence-electron chi connectivity index (χ4n) is 2.08. The number of amides is 2. The third-order valence-electron chi connectivity index (χ3n) is 3.30. The van der Waals surface area contributed by atoms with Crippen LogP contribution in [0.4, 0.5) is 5.69 Å². The van der Waals surface area contributed by atoms with Gasteiger partial charge < -0.3 is 15.2 Å². The predicted molar refractivity (Wildman–Crippen MR) is 82.5 cm³/mol. The molecule has 1 atom stereocenters. The molecule has 0 aliphatic carbocycles. The van der Waals surface area contributed by atoms with Crippen molar-refractivity contribution in [2.45, 2.75) is 18.9 Å². The van der Waals surface area contributed by atoms with Gasteiger partial charge in [-0.25, -0.2) is 5.43 Å². The SMILES string of the molecule is O=C(NC[C@@H]1CCCO1)C(=O)N/N=C\c1ccc(O)c([N+](=O)[O-])c1. The topological polar surface area (TPSA) is 143 Å². The van der Waals surface area contributed by atoms with E-state index in [1.54, 1.807) is 0 Å². The molecule has 128 valence electrons. The highest BCUT2D eigenvalue weighted by atomic mass is 16.6. The van der Waals surface area contributed by atoms with Crippen LogP contribution in [-0.2, 0) is 14.3 Å². The Bertz CT molecular complexity index is 669. The average molecular weight is 336 g/mol. The smallest absolute Gasteiger partial charge is 0.329 e. The van der Waals surface area contributed by atoms with E-state index in [2.05, 4.69) is 10.4 Å². The minimum absolute atomic E-state index is 0.0807. The Kier molecular flexibility index (Phi) is 5.79. The highest BCUT2D eigenvalue weighted by molar-refractivity contribution is 6.35. The van der Waals surface area contributed by atoms with Crippen LogP contribution in [0.15, 0.2) is 23.3 Å². The summed E-state index contributed by atoms with van der Waals surface area (Å²) in [7, 11) is 0. The summed E-state index contributed by atoms with van der Waals surface area (Å²) in [6.45, 7) is 0.899. The molecule has 1 aliphatic rings. The van der Waals surface area contributed by atoms with E-state index in [9.17, 15) is 24.8 Å². The van der Waals surface area contributed by atoms with Crippen molar-refractivity contribution in [3.05, 3.63) is 33.9 Å². The fourth-order valence-corrected chi connectivity index (χ4v) is 2.08. The van der Waals surface area contributed by atoms with Crippen molar-refractivity contribution in [2.24, 2.45) is 5.10 Å². The number of ether oxygens (including phenoxy) is 1. The maximum Gasteiger partial charge on any atom is 0.329 e. The van der Waals surface area contributed by atoms with Crippen molar-refractivity contribution in [1.29, 1.82) is 0 Å². The molecule has 1 saturated heterocycles. The largest absolute Gasteiger partial charge is 0.502 e. The Labute approximate surface area is 136 Å². The number of carbonyl (C=O) groups excluding carboxylic acids is 2. The van der Waals surface area contributed by atoms with Gasteiger partial charge in [-0.3, -0.25) is 19.7 Å². The summed E-state index contributed by atoms with van der Waals surface area (Å²) in [4.78, 5) is 33.0. The second kappa shape index (κ2) is 8.02. The molecule has 2 rings (SSSR count). The van der Waals surface area contributed by atoms with Gasteiger partial charge >= 0.3 is 17.5 Å². The van der Waals surface area contributed by atoms with Crippen molar-refractivity contribution in [3.63, 3.8) is 0 Å². The van der Waals surface area contributed by atoms with Crippen LogP contribution in [0.1, 0.15) is 18.4 Å². The number of aromatic hydroxyl groups is 1. The Morgan fingerprint density at radius 2 is 2.25 bits per heavy atom. The molecule has 1 heterocycles. The van der Waals surface area contributed by atoms with E-state index >= 15 is 0 Å². The monoisotopic (exact) mass is 336 g/mol. The van der Waals surface area contributed by atoms with Crippen LogP contribution in [0, 0.1) is 10.1 Å². The zero-order valence-electron chi connectivity index (χ0n) is 12.6. The predicted octanol–water partition coefficient (Wildman–Crippen LogP) is 0.0457. The number of hydrogen-bond acceptors (Lipinski definition) is 7. The van der Waals surface area contributed by atoms with Crippen LogP contribution in [0.5, 0.6) is 5.75 Å². The lowest BCUT2D eigenvalue weighted by atomic mass is 10.2. The van der Waals surface area contributed by atoms with E-state index in [-0.39, 0.29) is 18.2 Å². The lowest BCUT2D eigenvalue weighted by Crippen LogP contribution is -2.41. The fraction of sp³-hybridized carbons (Fsp3) is 0.357. The highest BCUT2D eigenvalue weighted by Gasteiger charge is 2.19. The van der Waals surface area contributed by atoms with Gasteiger partial charge in [-0.1, -0.05) is 0 Å². The van der Waals surface area contributed by atoms with Gasteiger partial charge in [-0.05, 0) is 25.0 Å². The summed E-state index contributed by atoms with van der Waals surface area (Å²) >= 11 is 0. The minimum Gasteiger partial charge on any atom is -0.502 e. The summed E-state index contributed by atoms with van der Waals surface area (Å²) in [5.74, 6) is -2.29. The first-order chi connectivity index (χ1) is 11.5. The van der Waals surface area contributed by atoms with Gasteiger partial charge in [0.2, 0.25) is 0 Å². The quantitative estimate of drug-likeness (QED) is 0.300. The molecule has 0 spiro atoms. The third-order valence-corrected chi connectivity index (χ3v) is 3.30. The summed E-state index contributed by atoms with van der Waals surface area (Å²) in [6, 6.07) is 3.59. The van der Waals surface area contributed by atoms with Crippen molar-refractivity contribution >= 4 is 23.7 Å². The zero-order valence-corrected chi connectivity index (χ0v) is 12.6. The van der Waals surface area contributed by atoms with Crippen molar-refractivity contribution < 1.29 is 24.4 Å². The molecule has 1 aliphatic heterocycles. The number of nitro groups is 1. The zero-order chi connectivity index (χ0) is 17.5. The maximum absolute atomic E-state index is 11.6. The van der Waals surface area contributed by atoms with Gasteiger partial charge in [0.05, 0.1) is 17.2 Å². The van der Waals surface area contributed by atoms with Gasteiger partial charge in [0.15, 0.2) is 5.75 Å². The molecular formula is C14H16N4O6. The second-order valence-corrected chi connectivity index (χ2v) is 5.05. The lowest BCUT2D eigenvalue weighted by molar-refractivity contribution is -0.385. The van der Waals surface area contributed by atoms with E-state index in [0.717, 1.165) is 31.2 Å². The van der Waals surface area contributed by atoms with E-state index in [4.69, 9.17) is 4.74 Å². The summed E-state index contributed by atoms with van der Waals surface area (Å²) in [5.41, 5.74) is 1.81. The first kappa shape index (κ1) is 17.3. The number of rotatable bonds is 5. The van der Waals surface area contributed by atoms with Gasteiger partial charge in [0.25, 0.3) is 0 Å². The number of nitro benzene ring substituents is 1. The van der Waals surface area contributed by atoms with Crippen LogP contribution in [0.2, 0.25) is 0 Å². The van der Waals surface area contributed by atoms with E-state index < -0.39 is 28.2 Å². The van der Waals surface area contributed by atoms with Crippen LogP contribution in [-0.4, -0.2) is 47.3 Å². The molecule has 3 N–H and O–H groups in total. The Balaban J connectivity index is 1.84. The standard InChI is InChI=1S/C14H16N4O6/c19-12-4-3-9(6-11(12)18(22)23)7-16-17-14(21)13(20)15-8-10-2-1-5-24-10/h3-4,6-7,10,19H,1-2,5,8H2,(H,15,20)(H,17,21)/b16-7-/t10-/m0/s1. The van der Waals surface area contributed by atoms with E-state index in [0.29, 0.717) is 6.61 Å². The Morgan fingerprint density at radius 1 is 1.46 bits per heavy atom. The maximum atomic E-state index is 11.6. The average Bonchev–Trinajstić information content (AvgIpc) is 3.07. The van der Waals surface area contributed by atoms with E-state index in [1.807, 2.05) is 5.43 Å². The molecule has 0 aromatic heterocycles. The van der Waals surface area contributed by atoms with Gasteiger partial charge in [-0.15, -0.1) is 0 Å². The van der Waals surface area contributed by atoms with Crippen LogP contribution in [0.3, 0.4) is 0 Å². The third kappa shape index (κ3) is 4.74. The minimum atomic E-state index is -0.961. The van der Waals surface area contributed by atoms with Crippen molar-refractivity contribution in [2.75, 3.05) is 13.2 Å². The highest BCUT2D eigenvalue weighted by Crippen LogP contribution is 2.25. The Hall–Kier alpha value is -3.01. The van der Waals surface area contributed by atoms with Gasteiger partial charge in [0.1, 0.15) is 0 Å². The van der Waals surface area contributed by atoms with Crippen LogP contribution >= 0.6 is 0 Å². The Morgan fingerprint density at radius 3 is 2.92 bits per heavy atom. The number of nitrogens with zero attached hydrogens (tertiary/aromatic N) is 2. The van der Waals surface area contributed by atoms with Crippen LogP contribution < -0.4 is 10.7 Å². The molecule has 0 bridgehead atoms. The normalized spacial score (nSPS) is 16.9. The van der Waals surface area contributed by atoms with Gasteiger partial charge in [0, 0.05) is 24.8 Å². The summed E-state index contributed by atoms with van der Waals surface area (Å²) in [6.07, 6.45) is 2.80. The van der Waals surface area contributed by atoms with Gasteiger partial charge in [-0.2, -0.15) is 5.10 Å². The second-order valence-electron chi connectivity index (χ2n) is 5.05. The number of benzene rings is 1. The molecule has 0 radical (unpaired) electrons. The molecular weight excluding hydrogens is 320 g/mol. The molecule has 1 fully saturated rings. The molecule has 0 unspecified atom stereocenters. The van der Waals surface area contributed by atoms with Crippen LogP contribution in [0.25, 0.3) is 0 Å². The number of nitrogens with one attached hydrogen (secondary N) is 2. The lowest BCUT2D eigenvalue weighted by Gasteiger charge is -2.09. The molecule has 10 nitrogen and oxygen atoms in total. The molecule has 10 heteroatoms. The summed E-state index contributed by atoms with van der Waals surface area (Å²) < 4.78 is 5.31. The number of phenolic OH excluding ortho intramolecular Hbond substituents is 1. The number of hydrazone groups is 1. The van der Waals surface area contributed by atoms with E-state index in [1.165, 1.54) is 6.07 Å². The number of hydrogen-bond donors (Lipinski definition) is 3. The molecule has 0 saturated carbocycles. The number of carbonyl (C=O) groups is 2. The molecule has 24 heavy (non-hydrogen) atoms. The summed E-state index contributed by atoms with van der Waals surface area (Å²) in [5, 5.41) is 26.0. The van der Waals surface area contributed by atoms with Crippen molar-refractivity contribution in [3.8, 4) is 5.75 Å². The molecule has 1 aromatic carbocycles.